The van der Waals surface area contributed by atoms with Crippen LogP contribution in [0.3, 0.4) is 0 Å². The Morgan fingerprint density at radius 2 is 1.53 bits per heavy atom. The first-order valence-electron chi connectivity index (χ1n) is 12.2. The molecule has 0 aliphatic rings. The van der Waals surface area contributed by atoms with E-state index in [1.807, 2.05) is 99.3 Å². The number of nitrogens with zero attached hydrogens (tertiary/aromatic N) is 2. The lowest BCUT2D eigenvalue weighted by atomic mass is 9.86. The Morgan fingerprint density at radius 1 is 0.917 bits per heavy atom. The monoisotopic (exact) mass is 505 g/mol. The number of rotatable bonds is 11. The van der Waals surface area contributed by atoms with Crippen molar-refractivity contribution in [1.29, 1.82) is 0 Å². The van der Waals surface area contributed by atoms with Gasteiger partial charge in [0.1, 0.15) is 0 Å². The molecule has 1 aromatic heterocycles. The largest absolute Gasteiger partial charge is 0.337 e. The van der Waals surface area contributed by atoms with E-state index in [0.717, 1.165) is 11.1 Å². The van der Waals surface area contributed by atoms with Crippen LogP contribution in [-0.2, 0) is 21.2 Å². The normalized spacial score (nSPS) is 13.0. The first-order valence-corrected chi connectivity index (χ1v) is 13.9. The fraction of sp³-hybridized carbons (Fsp3) is 0.310. The Hall–Kier alpha value is -3.45. The average Bonchev–Trinajstić information content (AvgIpc) is 2.86. The highest BCUT2D eigenvalue weighted by molar-refractivity contribution is 7.89. The molecule has 36 heavy (non-hydrogen) atoms. The minimum Gasteiger partial charge on any atom is -0.337 e. The van der Waals surface area contributed by atoms with Crippen molar-refractivity contribution in [2.24, 2.45) is 0 Å². The van der Waals surface area contributed by atoms with Crippen molar-refractivity contribution in [3.63, 3.8) is 0 Å². The number of pyridine rings is 1. The van der Waals surface area contributed by atoms with Crippen molar-refractivity contribution in [2.75, 3.05) is 5.75 Å². The summed E-state index contributed by atoms with van der Waals surface area (Å²) in [6, 6.07) is 22.5. The molecule has 1 atom stereocenters. The summed E-state index contributed by atoms with van der Waals surface area (Å²) >= 11 is 0. The van der Waals surface area contributed by atoms with Crippen LogP contribution in [0.5, 0.6) is 0 Å². The predicted molar refractivity (Wildman–Crippen MR) is 146 cm³/mol. The number of benzene rings is 2. The number of hydrogen-bond donors (Lipinski definition) is 1. The van der Waals surface area contributed by atoms with Gasteiger partial charge in [0.25, 0.3) is 0 Å². The number of carbonyl (C=O) groups excluding carboxylic acids is 1. The molecule has 1 unspecified atom stereocenters. The average molecular weight is 506 g/mol. The minimum absolute atomic E-state index is 0.0312. The van der Waals surface area contributed by atoms with Gasteiger partial charge < -0.3 is 4.90 Å². The van der Waals surface area contributed by atoms with Crippen LogP contribution in [0.15, 0.2) is 91.4 Å². The van der Waals surface area contributed by atoms with Crippen LogP contribution in [0.4, 0.5) is 0 Å². The Bertz CT molecular complexity index is 1230. The maximum absolute atomic E-state index is 14.1. The maximum Gasteiger partial charge on any atom is 0.235 e. The van der Waals surface area contributed by atoms with Gasteiger partial charge in [0.2, 0.25) is 15.9 Å². The molecular weight excluding hydrogens is 470 g/mol. The van der Waals surface area contributed by atoms with Crippen molar-refractivity contribution in [1.82, 2.24) is 14.6 Å². The summed E-state index contributed by atoms with van der Waals surface area (Å²) in [6.45, 7) is 7.93. The zero-order chi connectivity index (χ0) is 26.1. The Kier molecular flexibility index (Phi) is 9.42. The van der Waals surface area contributed by atoms with E-state index in [0.29, 0.717) is 17.6 Å². The van der Waals surface area contributed by atoms with E-state index in [9.17, 15) is 13.2 Å². The molecule has 1 N–H and O–H groups in total. The van der Waals surface area contributed by atoms with Gasteiger partial charge in [-0.25, -0.2) is 8.42 Å². The molecule has 3 rings (SSSR count). The molecule has 0 aliphatic heterocycles. The maximum atomic E-state index is 14.1. The van der Waals surface area contributed by atoms with Gasteiger partial charge >= 0.3 is 0 Å². The molecule has 0 saturated heterocycles. The van der Waals surface area contributed by atoms with Crippen molar-refractivity contribution < 1.29 is 13.2 Å². The van der Waals surface area contributed by atoms with Crippen molar-refractivity contribution >= 4 is 21.5 Å². The standard InChI is InChI=1S/C29H35N3O3S/c1-22(2)32(23(3)4)29(33)28(26-16-11-18-30-20-26)27(25-14-9-6-10-15-25)21-31-36(34,35)19-17-24-12-7-5-8-13-24/h5-16,18,20-23,28,31H,17,19H2,1-4H3. The highest BCUT2D eigenvalue weighted by Crippen LogP contribution is 2.34. The van der Waals surface area contributed by atoms with E-state index < -0.39 is 15.9 Å². The molecule has 1 heterocycles. The summed E-state index contributed by atoms with van der Waals surface area (Å²) in [5.74, 6) is -0.903. The van der Waals surface area contributed by atoms with Gasteiger partial charge in [-0.1, -0.05) is 66.7 Å². The fourth-order valence-corrected chi connectivity index (χ4v) is 5.26. The number of carbonyl (C=O) groups is 1. The second-order valence-electron chi connectivity index (χ2n) is 9.29. The molecule has 0 bridgehead atoms. The molecule has 7 heteroatoms. The molecule has 3 aromatic rings. The number of nitrogens with one attached hydrogen (secondary N) is 1. The Morgan fingerprint density at radius 3 is 2.08 bits per heavy atom. The summed E-state index contributed by atoms with van der Waals surface area (Å²) < 4.78 is 28.6. The Balaban J connectivity index is 2.04. The zero-order valence-corrected chi connectivity index (χ0v) is 22.2. The van der Waals surface area contributed by atoms with Crippen molar-refractivity contribution in [2.45, 2.75) is 52.1 Å². The summed E-state index contributed by atoms with van der Waals surface area (Å²) in [5.41, 5.74) is 2.98. The number of aryl methyl sites for hydroxylation is 1. The molecule has 1 amide bonds. The van der Waals surface area contributed by atoms with Crippen molar-refractivity contribution in [3.05, 3.63) is 108 Å². The van der Waals surface area contributed by atoms with E-state index in [-0.39, 0.29) is 23.7 Å². The molecule has 0 aliphatic carbocycles. The van der Waals surface area contributed by atoms with Crippen LogP contribution in [-0.4, -0.2) is 42.0 Å². The summed E-state index contributed by atoms with van der Waals surface area (Å²) in [5, 5.41) is 0. The molecule has 0 fully saturated rings. The van der Waals surface area contributed by atoms with Crippen LogP contribution in [0.25, 0.3) is 5.57 Å². The molecular formula is C29H35N3O3S. The van der Waals surface area contributed by atoms with Gasteiger partial charge in [0.05, 0.1) is 11.7 Å². The highest BCUT2D eigenvalue weighted by Gasteiger charge is 2.33. The third-order valence-corrected chi connectivity index (χ3v) is 7.16. The first kappa shape index (κ1) is 27.1. The zero-order valence-electron chi connectivity index (χ0n) is 21.3. The summed E-state index contributed by atoms with van der Waals surface area (Å²) in [4.78, 5) is 20.1. The molecule has 190 valence electrons. The molecule has 0 radical (unpaired) electrons. The van der Waals surface area contributed by atoms with E-state index in [2.05, 4.69) is 9.71 Å². The second-order valence-corrected chi connectivity index (χ2v) is 11.2. The van der Waals surface area contributed by atoms with E-state index in [1.54, 1.807) is 18.5 Å². The summed E-state index contributed by atoms with van der Waals surface area (Å²) in [6.07, 6.45) is 5.20. The van der Waals surface area contributed by atoms with E-state index in [1.165, 1.54) is 6.20 Å². The third kappa shape index (κ3) is 7.28. The fourth-order valence-electron chi connectivity index (χ4n) is 4.33. The number of hydrogen-bond acceptors (Lipinski definition) is 4. The summed E-state index contributed by atoms with van der Waals surface area (Å²) in [7, 11) is -3.64. The molecule has 0 saturated carbocycles. The number of sulfonamides is 1. The highest BCUT2D eigenvalue weighted by atomic mass is 32.2. The molecule has 0 spiro atoms. The van der Waals surface area contributed by atoms with Crippen LogP contribution in [0.2, 0.25) is 0 Å². The van der Waals surface area contributed by atoms with Crippen molar-refractivity contribution in [3.8, 4) is 0 Å². The number of amides is 1. The second kappa shape index (κ2) is 12.5. The van der Waals surface area contributed by atoms with E-state index in [4.69, 9.17) is 0 Å². The molecule has 6 nitrogen and oxygen atoms in total. The predicted octanol–water partition coefficient (Wildman–Crippen LogP) is 5.01. The van der Waals surface area contributed by atoms with Gasteiger partial charge in [-0.3, -0.25) is 14.5 Å². The van der Waals surface area contributed by atoms with Crippen LogP contribution in [0, 0.1) is 0 Å². The first-order chi connectivity index (χ1) is 17.2. The lowest BCUT2D eigenvalue weighted by molar-refractivity contribution is -0.135. The SMILES string of the molecule is CC(C)N(C(=O)C(C(=CNS(=O)(=O)CCc1ccccc1)c1ccccc1)c1cccnc1)C(C)C. The van der Waals surface area contributed by atoms with E-state index >= 15 is 0 Å². The van der Waals surface area contributed by atoms with Gasteiger partial charge in [0.15, 0.2) is 0 Å². The molecule has 2 aromatic carbocycles. The van der Waals surface area contributed by atoms with Gasteiger partial charge in [-0.2, -0.15) is 0 Å². The lowest BCUT2D eigenvalue weighted by Gasteiger charge is -2.35. The van der Waals surface area contributed by atoms with Gasteiger partial charge in [-0.15, -0.1) is 0 Å². The minimum atomic E-state index is -3.64. The smallest absolute Gasteiger partial charge is 0.235 e. The third-order valence-electron chi connectivity index (χ3n) is 5.95. The Labute approximate surface area is 215 Å². The topological polar surface area (TPSA) is 79.4 Å². The van der Waals surface area contributed by atoms with Crippen LogP contribution in [0.1, 0.15) is 50.3 Å². The number of aromatic nitrogens is 1. The van der Waals surface area contributed by atoms with Crippen LogP contribution < -0.4 is 4.72 Å². The van der Waals surface area contributed by atoms with Crippen LogP contribution >= 0.6 is 0 Å². The van der Waals surface area contributed by atoms with Gasteiger partial charge in [-0.05, 0) is 62.4 Å². The quantitative estimate of drug-likeness (QED) is 0.397. The van der Waals surface area contributed by atoms with Gasteiger partial charge in [0, 0.05) is 30.7 Å². The lowest BCUT2D eigenvalue weighted by Crippen LogP contribution is -2.45.